The molecule has 72 valence electrons. The van der Waals surface area contributed by atoms with E-state index >= 15 is 0 Å². The van der Waals surface area contributed by atoms with Crippen LogP contribution in [0.4, 0.5) is 0 Å². The zero-order valence-electron chi connectivity index (χ0n) is 8.88. The molecule has 0 aliphatic heterocycles. The smallest absolute Gasteiger partial charge is 0.0300 e. The van der Waals surface area contributed by atoms with Gasteiger partial charge < -0.3 is 0 Å². The molecule has 1 aromatic rings. The molecule has 1 fully saturated rings. The molecule has 0 saturated heterocycles. The first-order chi connectivity index (χ1) is 6.34. The third-order valence-corrected chi connectivity index (χ3v) is 2.15. The van der Waals surface area contributed by atoms with Crippen LogP contribution in [0.5, 0.6) is 0 Å². The van der Waals surface area contributed by atoms with Gasteiger partial charge in [0.1, 0.15) is 0 Å². The van der Waals surface area contributed by atoms with Gasteiger partial charge in [-0.05, 0) is 43.2 Å². The van der Waals surface area contributed by atoms with Crippen LogP contribution in [0.25, 0.3) is 0 Å². The average molecular weight is 177 g/mol. The summed E-state index contributed by atoms with van der Waals surface area (Å²) < 4.78 is 0. The van der Waals surface area contributed by atoms with Crippen LogP contribution in [-0.4, -0.2) is 4.98 Å². The lowest BCUT2D eigenvalue weighted by atomic mass is 10.1. The van der Waals surface area contributed by atoms with Crippen LogP contribution in [0.3, 0.4) is 0 Å². The Balaban J connectivity index is 0.000000396. The van der Waals surface area contributed by atoms with E-state index in [1.165, 1.54) is 30.4 Å². The van der Waals surface area contributed by atoms with Crippen molar-refractivity contribution >= 4 is 0 Å². The third kappa shape index (κ3) is 3.58. The van der Waals surface area contributed by atoms with E-state index in [1.807, 2.05) is 26.2 Å². The summed E-state index contributed by atoms with van der Waals surface area (Å²) in [5, 5.41) is 0. The van der Waals surface area contributed by atoms with Crippen molar-refractivity contribution in [2.75, 3.05) is 0 Å². The molecule has 0 amide bonds. The van der Waals surface area contributed by atoms with Gasteiger partial charge in [-0.25, -0.2) is 0 Å². The maximum atomic E-state index is 4.17. The molecule has 2 rings (SSSR count). The van der Waals surface area contributed by atoms with Gasteiger partial charge in [0.25, 0.3) is 0 Å². The van der Waals surface area contributed by atoms with Gasteiger partial charge in [0.2, 0.25) is 0 Å². The van der Waals surface area contributed by atoms with E-state index in [4.69, 9.17) is 0 Å². The molecule has 1 aromatic heterocycles. The lowest BCUT2D eigenvalue weighted by Crippen LogP contribution is -1.88. The molecular weight excluding hydrogens is 158 g/mol. The van der Waals surface area contributed by atoms with Crippen LogP contribution in [-0.2, 0) is 6.42 Å². The number of hydrogen-bond donors (Lipinski definition) is 0. The number of nitrogens with zero attached hydrogens (tertiary/aromatic N) is 1. The van der Waals surface area contributed by atoms with Crippen molar-refractivity contribution in [1.29, 1.82) is 0 Å². The van der Waals surface area contributed by atoms with Crippen LogP contribution in [0, 0.1) is 12.8 Å². The Bertz CT molecular complexity index is 251. The highest BCUT2D eigenvalue weighted by Crippen LogP contribution is 2.32. The van der Waals surface area contributed by atoms with Crippen LogP contribution < -0.4 is 0 Å². The molecule has 1 saturated carbocycles. The summed E-state index contributed by atoms with van der Waals surface area (Å²) in [7, 11) is 0. The van der Waals surface area contributed by atoms with Crippen molar-refractivity contribution < 1.29 is 0 Å². The Hall–Kier alpha value is -0.850. The normalized spacial score (nSPS) is 14.7. The Kier molecular flexibility index (Phi) is 3.94. The first-order valence-electron chi connectivity index (χ1n) is 5.25. The predicted octanol–water partition coefficient (Wildman–Crippen LogP) is 3.37. The second-order valence-electron chi connectivity index (χ2n) is 3.52. The summed E-state index contributed by atoms with van der Waals surface area (Å²) >= 11 is 0. The van der Waals surface area contributed by atoms with Crippen molar-refractivity contribution in [1.82, 2.24) is 4.98 Å². The summed E-state index contributed by atoms with van der Waals surface area (Å²) in [5.41, 5.74) is 2.69. The molecule has 0 radical (unpaired) electrons. The number of aryl methyl sites for hydroxylation is 1. The summed E-state index contributed by atoms with van der Waals surface area (Å²) in [5.74, 6) is 0.971. The van der Waals surface area contributed by atoms with Gasteiger partial charge in [0, 0.05) is 12.4 Å². The number of pyridine rings is 1. The van der Waals surface area contributed by atoms with Crippen LogP contribution in [0.2, 0.25) is 0 Å². The molecule has 0 unspecified atom stereocenters. The summed E-state index contributed by atoms with van der Waals surface area (Å²) in [6.45, 7) is 6.10. The van der Waals surface area contributed by atoms with E-state index in [2.05, 4.69) is 18.0 Å². The highest BCUT2D eigenvalue weighted by atomic mass is 14.6. The van der Waals surface area contributed by atoms with E-state index in [1.54, 1.807) is 0 Å². The molecule has 0 N–H and O–H groups in total. The van der Waals surface area contributed by atoms with Crippen LogP contribution in [0.1, 0.15) is 37.8 Å². The number of hydrogen-bond acceptors (Lipinski definition) is 1. The van der Waals surface area contributed by atoms with Gasteiger partial charge in [-0.3, -0.25) is 4.98 Å². The Morgan fingerprint density at radius 3 is 2.54 bits per heavy atom. The molecule has 1 aliphatic rings. The molecule has 13 heavy (non-hydrogen) atoms. The van der Waals surface area contributed by atoms with Gasteiger partial charge in [-0.15, -0.1) is 0 Å². The molecule has 0 spiro atoms. The van der Waals surface area contributed by atoms with Crippen molar-refractivity contribution in [3.8, 4) is 0 Å². The number of aromatic nitrogens is 1. The highest BCUT2D eigenvalue weighted by Gasteiger charge is 2.21. The first-order valence-corrected chi connectivity index (χ1v) is 5.25. The zero-order valence-corrected chi connectivity index (χ0v) is 8.88. The molecule has 1 aliphatic carbocycles. The van der Waals surface area contributed by atoms with Gasteiger partial charge in [0.15, 0.2) is 0 Å². The summed E-state index contributed by atoms with van der Waals surface area (Å²) in [6.07, 6.45) is 8.00. The molecule has 0 bridgehead atoms. The second-order valence-corrected chi connectivity index (χ2v) is 3.52. The van der Waals surface area contributed by atoms with Gasteiger partial charge in [0.05, 0.1) is 0 Å². The molecule has 1 nitrogen and oxygen atoms in total. The van der Waals surface area contributed by atoms with Crippen molar-refractivity contribution in [3.05, 3.63) is 29.6 Å². The molecule has 0 aromatic carbocycles. The van der Waals surface area contributed by atoms with Crippen molar-refractivity contribution in [2.45, 2.75) is 40.0 Å². The largest absolute Gasteiger partial charge is 0.264 e. The van der Waals surface area contributed by atoms with E-state index in [9.17, 15) is 0 Å². The van der Waals surface area contributed by atoms with E-state index in [0.717, 1.165) is 5.92 Å². The lowest BCUT2D eigenvalue weighted by Gasteiger charge is -1.98. The fraction of sp³-hybridized carbons (Fsp3) is 0.583. The lowest BCUT2D eigenvalue weighted by molar-refractivity contribution is 0.826. The predicted molar refractivity (Wildman–Crippen MR) is 56.8 cm³/mol. The maximum Gasteiger partial charge on any atom is 0.0300 e. The third-order valence-electron chi connectivity index (χ3n) is 2.15. The SMILES string of the molecule is CC.Cc1cncc(CC2CC2)c1. The minimum absolute atomic E-state index is 0.971. The molecule has 0 atom stereocenters. The molecular formula is C12H19N. The standard InChI is InChI=1S/C10H13N.C2H6/c1-8-4-10(7-11-6-8)5-9-2-3-9;1-2/h4,6-7,9H,2-3,5H2,1H3;1-2H3. The first kappa shape index (κ1) is 10.2. The quantitative estimate of drug-likeness (QED) is 0.675. The Labute approximate surface area is 81.2 Å². The minimum Gasteiger partial charge on any atom is -0.264 e. The Morgan fingerprint density at radius 2 is 2.00 bits per heavy atom. The van der Waals surface area contributed by atoms with Crippen molar-refractivity contribution in [2.24, 2.45) is 5.92 Å². The van der Waals surface area contributed by atoms with Crippen LogP contribution in [0.15, 0.2) is 18.5 Å². The fourth-order valence-corrected chi connectivity index (χ4v) is 1.38. The topological polar surface area (TPSA) is 12.9 Å². The average Bonchev–Trinajstić information content (AvgIpc) is 2.92. The van der Waals surface area contributed by atoms with Gasteiger partial charge >= 0.3 is 0 Å². The molecule has 1 heteroatoms. The van der Waals surface area contributed by atoms with E-state index < -0.39 is 0 Å². The monoisotopic (exact) mass is 177 g/mol. The maximum absolute atomic E-state index is 4.17. The van der Waals surface area contributed by atoms with E-state index in [0.29, 0.717) is 0 Å². The summed E-state index contributed by atoms with van der Waals surface area (Å²) in [4.78, 5) is 4.17. The molecule has 1 heterocycles. The minimum atomic E-state index is 0.971. The van der Waals surface area contributed by atoms with Gasteiger partial charge in [-0.1, -0.05) is 19.9 Å². The second kappa shape index (κ2) is 5.00. The van der Waals surface area contributed by atoms with Gasteiger partial charge in [-0.2, -0.15) is 0 Å². The summed E-state index contributed by atoms with van der Waals surface area (Å²) in [6, 6.07) is 2.24. The fourth-order valence-electron chi connectivity index (χ4n) is 1.38. The van der Waals surface area contributed by atoms with Crippen LogP contribution >= 0.6 is 0 Å². The van der Waals surface area contributed by atoms with Crippen molar-refractivity contribution in [3.63, 3.8) is 0 Å². The zero-order chi connectivity index (χ0) is 9.68. The Morgan fingerprint density at radius 1 is 1.31 bits per heavy atom. The highest BCUT2D eigenvalue weighted by molar-refractivity contribution is 5.17. The number of rotatable bonds is 2. The van der Waals surface area contributed by atoms with E-state index in [-0.39, 0.29) is 0 Å².